The third-order valence-electron chi connectivity index (χ3n) is 3.21. The average Bonchev–Trinajstić information content (AvgIpc) is 2.38. The van der Waals surface area contributed by atoms with Crippen molar-refractivity contribution in [3.05, 3.63) is 34.9 Å². The Morgan fingerprint density at radius 1 is 1.53 bits per heavy atom. The maximum atomic E-state index is 12.2. The monoisotopic (exact) mass is 252 g/mol. The zero-order chi connectivity index (χ0) is 12.3. The van der Waals surface area contributed by atoms with Crippen molar-refractivity contribution in [3.8, 4) is 0 Å². The van der Waals surface area contributed by atoms with Crippen molar-refractivity contribution in [2.24, 2.45) is 11.7 Å². The lowest BCUT2D eigenvalue weighted by Gasteiger charge is -2.32. The summed E-state index contributed by atoms with van der Waals surface area (Å²) in [7, 11) is 0. The molecule has 0 radical (unpaired) electrons. The molecule has 0 bridgehead atoms. The molecule has 2 N–H and O–H groups in total. The topological polar surface area (TPSA) is 46.3 Å². The van der Waals surface area contributed by atoms with Crippen LogP contribution in [0.2, 0.25) is 5.02 Å². The van der Waals surface area contributed by atoms with Crippen molar-refractivity contribution < 1.29 is 4.79 Å². The molecule has 3 nitrogen and oxygen atoms in total. The first-order valence-electron chi connectivity index (χ1n) is 5.95. The lowest BCUT2D eigenvalue weighted by atomic mass is 9.97. The number of nitrogens with two attached hydrogens (primary N) is 1. The Bertz CT molecular complexity index is 408. The molecule has 1 aliphatic rings. The zero-order valence-corrected chi connectivity index (χ0v) is 10.5. The number of carbonyl (C=O) groups is 1. The quantitative estimate of drug-likeness (QED) is 0.877. The lowest BCUT2D eigenvalue weighted by Crippen LogP contribution is -2.42. The summed E-state index contributed by atoms with van der Waals surface area (Å²) in [4.78, 5) is 14.1. The summed E-state index contributed by atoms with van der Waals surface area (Å²) in [5, 5.41) is 0.600. The minimum atomic E-state index is 0.0608. The van der Waals surface area contributed by atoms with Crippen molar-refractivity contribution in [2.45, 2.75) is 12.8 Å². The Hall–Kier alpha value is -1.06. The van der Waals surface area contributed by atoms with E-state index >= 15 is 0 Å². The minimum Gasteiger partial charge on any atom is -0.338 e. The summed E-state index contributed by atoms with van der Waals surface area (Å²) < 4.78 is 0. The van der Waals surface area contributed by atoms with Gasteiger partial charge in [0.15, 0.2) is 0 Å². The maximum absolute atomic E-state index is 12.2. The van der Waals surface area contributed by atoms with E-state index < -0.39 is 0 Å². The van der Waals surface area contributed by atoms with Crippen LogP contribution in [0.15, 0.2) is 24.3 Å². The van der Waals surface area contributed by atoms with Gasteiger partial charge in [0.25, 0.3) is 5.91 Å². The van der Waals surface area contributed by atoms with Crippen molar-refractivity contribution in [1.82, 2.24) is 4.90 Å². The third-order valence-corrected chi connectivity index (χ3v) is 3.45. The third kappa shape index (κ3) is 2.99. The van der Waals surface area contributed by atoms with Crippen LogP contribution >= 0.6 is 11.6 Å². The molecular formula is C13H17ClN2O. The average molecular weight is 253 g/mol. The predicted molar refractivity (Wildman–Crippen MR) is 69.1 cm³/mol. The molecule has 0 aliphatic carbocycles. The normalized spacial score (nSPS) is 20.4. The van der Waals surface area contributed by atoms with Gasteiger partial charge < -0.3 is 10.6 Å². The molecule has 1 atom stereocenters. The number of hydrogen-bond donors (Lipinski definition) is 1. The summed E-state index contributed by atoms with van der Waals surface area (Å²) in [6, 6.07) is 7.10. The van der Waals surface area contributed by atoms with E-state index in [0.29, 0.717) is 23.0 Å². The highest BCUT2D eigenvalue weighted by atomic mass is 35.5. The Morgan fingerprint density at radius 2 is 2.35 bits per heavy atom. The first kappa shape index (κ1) is 12.4. The highest BCUT2D eigenvalue weighted by Gasteiger charge is 2.23. The second-order valence-corrected chi connectivity index (χ2v) is 4.94. The summed E-state index contributed by atoms with van der Waals surface area (Å²) in [5.41, 5.74) is 6.33. The molecule has 1 aliphatic heterocycles. The Kier molecular flexibility index (Phi) is 4.02. The van der Waals surface area contributed by atoms with Gasteiger partial charge in [-0.1, -0.05) is 17.7 Å². The number of likely N-dealkylation sites (tertiary alicyclic amines) is 1. The Balaban J connectivity index is 2.09. The van der Waals surface area contributed by atoms with Crippen LogP contribution in [-0.2, 0) is 0 Å². The second kappa shape index (κ2) is 5.52. The van der Waals surface area contributed by atoms with Crippen LogP contribution in [0.4, 0.5) is 0 Å². The lowest BCUT2D eigenvalue weighted by molar-refractivity contribution is 0.0678. The van der Waals surface area contributed by atoms with Crippen molar-refractivity contribution in [2.75, 3.05) is 19.6 Å². The van der Waals surface area contributed by atoms with Gasteiger partial charge in [-0.15, -0.1) is 0 Å². The van der Waals surface area contributed by atoms with E-state index in [0.717, 1.165) is 25.9 Å². The molecule has 0 spiro atoms. The van der Waals surface area contributed by atoms with Crippen LogP contribution in [0.5, 0.6) is 0 Å². The summed E-state index contributed by atoms with van der Waals surface area (Å²) in [5.74, 6) is 0.498. The SMILES string of the molecule is NCC1CCCN(C(=O)c2cccc(Cl)c2)C1. The van der Waals surface area contributed by atoms with Crippen LogP contribution in [-0.4, -0.2) is 30.4 Å². The van der Waals surface area contributed by atoms with E-state index in [1.54, 1.807) is 24.3 Å². The van der Waals surface area contributed by atoms with Crippen LogP contribution in [0.25, 0.3) is 0 Å². The smallest absolute Gasteiger partial charge is 0.253 e. The highest BCUT2D eigenvalue weighted by molar-refractivity contribution is 6.30. The number of carbonyl (C=O) groups excluding carboxylic acids is 1. The van der Waals surface area contributed by atoms with Crippen molar-refractivity contribution in [1.29, 1.82) is 0 Å². The molecule has 1 fully saturated rings. The van der Waals surface area contributed by atoms with E-state index in [1.165, 1.54) is 0 Å². The molecule has 1 aromatic rings. The molecule has 17 heavy (non-hydrogen) atoms. The molecule has 0 aromatic heterocycles. The first-order valence-corrected chi connectivity index (χ1v) is 6.33. The second-order valence-electron chi connectivity index (χ2n) is 4.51. The number of nitrogens with zero attached hydrogens (tertiary/aromatic N) is 1. The zero-order valence-electron chi connectivity index (χ0n) is 9.73. The summed E-state index contributed by atoms with van der Waals surface area (Å²) >= 11 is 5.89. The van der Waals surface area contributed by atoms with Crippen LogP contribution in [0, 0.1) is 5.92 Å². The Labute approximate surface area is 107 Å². The van der Waals surface area contributed by atoms with E-state index in [-0.39, 0.29) is 5.91 Å². The van der Waals surface area contributed by atoms with Gasteiger partial charge in [0.2, 0.25) is 0 Å². The van der Waals surface area contributed by atoms with Gasteiger partial charge in [0.05, 0.1) is 0 Å². The molecule has 1 amide bonds. The van der Waals surface area contributed by atoms with E-state index in [1.807, 2.05) is 4.90 Å². The van der Waals surface area contributed by atoms with E-state index in [2.05, 4.69) is 0 Å². The largest absolute Gasteiger partial charge is 0.338 e. The number of amides is 1. The minimum absolute atomic E-state index is 0.0608. The molecule has 92 valence electrons. The molecule has 0 saturated carbocycles. The van der Waals surface area contributed by atoms with Crippen LogP contribution in [0.1, 0.15) is 23.2 Å². The first-order chi connectivity index (χ1) is 8.20. The van der Waals surface area contributed by atoms with E-state index in [4.69, 9.17) is 17.3 Å². The number of halogens is 1. The fourth-order valence-electron chi connectivity index (χ4n) is 2.25. The Morgan fingerprint density at radius 3 is 3.06 bits per heavy atom. The highest BCUT2D eigenvalue weighted by Crippen LogP contribution is 2.19. The molecule has 1 aromatic carbocycles. The van der Waals surface area contributed by atoms with Gasteiger partial charge in [-0.25, -0.2) is 0 Å². The summed E-state index contributed by atoms with van der Waals surface area (Å²) in [6.45, 7) is 2.24. The van der Waals surface area contributed by atoms with Crippen molar-refractivity contribution >= 4 is 17.5 Å². The van der Waals surface area contributed by atoms with Crippen LogP contribution < -0.4 is 5.73 Å². The molecular weight excluding hydrogens is 236 g/mol. The van der Waals surface area contributed by atoms with Gasteiger partial charge in [-0.05, 0) is 43.5 Å². The molecule has 4 heteroatoms. The fourth-order valence-corrected chi connectivity index (χ4v) is 2.44. The number of piperidine rings is 1. The van der Waals surface area contributed by atoms with Gasteiger partial charge in [0.1, 0.15) is 0 Å². The molecule has 1 saturated heterocycles. The number of benzene rings is 1. The van der Waals surface area contributed by atoms with Gasteiger partial charge >= 0.3 is 0 Å². The number of hydrogen-bond acceptors (Lipinski definition) is 2. The predicted octanol–water partition coefficient (Wildman–Crippen LogP) is 2.15. The van der Waals surface area contributed by atoms with Crippen molar-refractivity contribution in [3.63, 3.8) is 0 Å². The molecule has 1 unspecified atom stereocenters. The molecule has 2 rings (SSSR count). The molecule has 1 heterocycles. The number of rotatable bonds is 2. The van der Waals surface area contributed by atoms with Gasteiger partial charge in [-0.3, -0.25) is 4.79 Å². The fraction of sp³-hybridized carbons (Fsp3) is 0.462. The standard InChI is InChI=1S/C13H17ClN2O/c14-12-5-1-4-11(7-12)13(17)16-6-2-3-10(8-15)9-16/h1,4-5,7,10H,2-3,6,8-9,15H2. The maximum Gasteiger partial charge on any atom is 0.253 e. The summed E-state index contributed by atoms with van der Waals surface area (Å²) in [6.07, 6.45) is 2.16. The van der Waals surface area contributed by atoms with Gasteiger partial charge in [0, 0.05) is 23.7 Å². The van der Waals surface area contributed by atoms with Gasteiger partial charge in [-0.2, -0.15) is 0 Å². The van der Waals surface area contributed by atoms with E-state index in [9.17, 15) is 4.79 Å². The van der Waals surface area contributed by atoms with Crippen LogP contribution in [0.3, 0.4) is 0 Å².